The van der Waals surface area contributed by atoms with Gasteiger partial charge in [0.2, 0.25) is 0 Å². The first kappa shape index (κ1) is 20.1. The Kier molecular flexibility index (Phi) is 5.07. The number of nitrogens with zero attached hydrogens (tertiary/aromatic N) is 4. The van der Waals surface area contributed by atoms with Gasteiger partial charge in [-0.1, -0.05) is 18.2 Å². The lowest BCUT2D eigenvalue weighted by molar-refractivity contribution is 0.0746. The monoisotopic (exact) mass is 426 g/mol. The third-order valence-corrected chi connectivity index (χ3v) is 6.53. The molecule has 0 saturated carbocycles. The zero-order chi connectivity index (χ0) is 21.5. The Morgan fingerprint density at radius 3 is 2.27 bits per heavy atom. The lowest BCUT2D eigenvalue weighted by atomic mass is 10.1. The molecule has 0 unspecified atom stereocenters. The van der Waals surface area contributed by atoms with Crippen LogP contribution in [0.4, 0.5) is 5.69 Å². The molecule has 1 aromatic carbocycles. The van der Waals surface area contributed by atoms with Gasteiger partial charge in [-0.2, -0.15) is 0 Å². The average molecular weight is 426 g/mol. The van der Waals surface area contributed by atoms with Crippen molar-refractivity contribution in [2.75, 3.05) is 37.3 Å². The van der Waals surface area contributed by atoms with Crippen LogP contribution in [-0.4, -0.2) is 61.2 Å². The van der Waals surface area contributed by atoms with Gasteiger partial charge < -0.3 is 14.4 Å². The molecule has 8 nitrogen and oxygen atoms in total. The minimum atomic E-state index is -3.76. The van der Waals surface area contributed by atoms with E-state index in [-0.39, 0.29) is 10.8 Å². The van der Waals surface area contributed by atoms with E-state index in [9.17, 15) is 18.0 Å². The third-order valence-electron chi connectivity index (χ3n) is 5.42. The van der Waals surface area contributed by atoms with Crippen molar-refractivity contribution in [3.8, 4) is 0 Å². The summed E-state index contributed by atoms with van der Waals surface area (Å²) >= 11 is 0. The molecule has 0 aliphatic carbocycles. The first-order valence-electron chi connectivity index (χ1n) is 9.55. The van der Waals surface area contributed by atoms with Gasteiger partial charge in [0.05, 0.1) is 11.2 Å². The molecule has 3 heterocycles. The molecule has 1 amide bonds. The quantitative estimate of drug-likeness (QED) is 0.627. The molecule has 9 heteroatoms. The predicted octanol–water partition coefficient (Wildman–Crippen LogP) is 1.30. The number of rotatable bonds is 3. The van der Waals surface area contributed by atoms with Crippen LogP contribution in [0.15, 0.2) is 58.5 Å². The van der Waals surface area contributed by atoms with Crippen LogP contribution < -0.4 is 10.5 Å². The van der Waals surface area contributed by atoms with Crippen LogP contribution in [-0.2, 0) is 16.9 Å². The second kappa shape index (κ2) is 7.56. The van der Waals surface area contributed by atoms with Gasteiger partial charge in [-0.3, -0.25) is 14.6 Å². The Balaban J connectivity index is 1.74. The Bertz CT molecular complexity index is 1280. The number of aryl methyl sites for hydroxylation is 1. The lowest BCUT2D eigenvalue weighted by Gasteiger charge is -2.37. The summed E-state index contributed by atoms with van der Waals surface area (Å²) in [5.74, 6) is -0.0887. The summed E-state index contributed by atoms with van der Waals surface area (Å²) in [5.41, 5.74) is 1.11. The van der Waals surface area contributed by atoms with E-state index < -0.39 is 15.4 Å². The number of hydrogen-bond donors (Lipinski definition) is 0. The molecule has 2 aromatic heterocycles. The summed E-state index contributed by atoms with van der Waals surface area (Å²) in [4.78, 5) is 33.0. The Morgan fingerprint density at radius 1 is 1.00 bits per heavy atom. The minimum absolute atomic E-state index is 0.0887. The van der Waals surface area contributed by atoms with Crippen LogP contribution in [0.2, 0.25) is 0 Å². The molecule has 3 aromatic rings. The molecule has 1 fully saturated rings. The molecule has 4 rings (SSSR count). The van der Waals surface area contributed by atoms with Gasteiger partial charge in [0, 0.05) is 62.8 Å². The van der Waals surface area contributed by atoms with E-state index in [4.69, 9.17) is 0 Å². The highest BCUT2D eigenvalue weighted by molar-refractivity contribution is 7.90. The van der Waals surface area contributed by atoms with Gasteiger partial charge in [0.1, 0.15) is 0 Å². The number of benzene rings is 1. The Hall–Kier alpha value is -3.20. The van der Waals surface area contributed by atoms with Crippen LogP contribution in [0.5, 0.6) is 0 Å². The smallest absolute Gasteiger partial charge is 0.271 e. The van der Waals surface area contributed by atoms with Crippen LogP contribution in [0.1, 0.15) is 10.4 Å². The zero-order valence-electron chi connectivity index (χ0n) is 16.8. The van der Waals surface area contributed by atoms with Crippen LogP contribution in [0.3, 0.4) is 0 Å². The number of fused-ring (bicyclic) bond motifs is 1. The maximum Gasteiger partial charge on any atom is 0.271 e. The van der Waals surface area contributed by atoms with E-state index in [1.54, 1.807) is 42.5 Å². The number of anilines is 1. The summed E-state index contributed by atoms with van der Waals surface area (Å²) in [7, 11) is -2.18. The van der Waals surface area contributed by atoms with Crippen LogP contribution in [0, 0.1) is 0 Å². The Labute approximate surface area is 174 Å². The van der Waals surface area contributed by atoms with E-state index in [0.717, 1.165) is 6.26 Å². The molecule has 156 valence electrons. The van der Waals surface area contributed by atoms with Gasteiger partial charge in [-0.05, 0) is 18.2 Å². The third kappa shape index (κ3) is 3.45. The van der Waals surface area contributed by atoms with Crippen LogP contribution in [0.25, 0.3) is 10.9 Å². The largest absolute Gasteiger partial charge is 0.366 e. The van der Waals surface area contributed by atoms with Crippen molar-refractivity contribution in [2.45, 2.75) is 4.90 Å². The fraction of sp³-hybridized carbons (Fsp3) is 0.286. The number of sulfone groups is 1. The highest BCUT2D eigenvalue weighted by Crippen LogP contribution is 2.32. The standard InChI is InChI=1S/C21H22N4O4S/c1-23-17-6-4-3-5-16(17)18(19(21(23)27)30(2,28)29)24-11-13-25(14-12-24)20(26)15-7-9-22-10-8-15/h3-10H,11-14H2,1-2H3. The van der Waals surface area contributed by atoms with Crippen molar-refractivity contribution in [1.29, 1.82) is 0 Å². The van der Waals surface area contributed by atoms with Crippen molar-refractivity contribution in [3.63, 3.8) is 0 Å². The average Bonchev–Trinajstić information content (AvgIpc) is 2.75. The van der Waals surface area contributed by atoms with E-state index in [1.165, 1.54) is 4.57 Å². The topological polar surface area (TPSA) is 92.6 Å². The summed E-state index contributed by atoms with van der Waals surface area (Å²) in [6.07, 6.45) is 4.22. The maximum absolute atomic E-state index is 12.9. The number of hydrogen-bond acceptors (Lipinski definition) is 6. The summed E-state index contributed by atoms with van der Waals surface area (Å²) in [5, 5.41) is 0.703. The van der Waals surface area contributed by atoms with Crippen molar-refractivity contribution in [3.05, 3.63) is 64.7 Å². The van der Waals surface area contributed by atoms with E-state index >= 15 is 0 Å². The van der Waals surface area contributed by atoms with E-state index in [0.29, 0.717) is 48.3 Å². The first-order valence-corrected chi connectivity index (χ1v) is 11.4. The van der Waals surface area contributed by atoms with Gasteiger partial charge in [0.15, 0.2) is 14.7 Å². The van der Waals surface area contributed by atoms with Gasteiger partial charge >= 0.3 is 0 Å². The van der Waals surface area contributed by atoms with Gasteiger partial charge in [-0.15, -0.1) is 0 Å². The zero-order valence-corrected chi connectivity index (χ0v) is 17.6. The lowest BCUT2D eigenvalue weighted by Crippen LogP contribution is -2.49. The normalized spacial score (nSPS) is 14.9. The molecule has 1 aliphatic heterocycles. The molecule has 0 atom stereocenters. The number of piperazine rings is 1. The highest BCUT2D eigenvalue weighted by atomic mass is 32.2. The number of carbonyl (C=O) groups excluding carboxylic acids is 1. The van der Waals surface area contributed by atoms with E-state index in [2.05, 4.69) is 4.98 Å². The van der Waals surface area contributed by atoms with Crippen molar-refractivity contribution in [2.24, 2.45) is 7.05 Å². The Morgan fingerprint density at radius 2 is 1.63 bits per heavy atom. The molecule has 1 saturated heterocycles. The number of carbonyl (C=O) groups is 1. The summed E-state index contributed by atoms with van der Waals surface area (Å²) in [6.45, 7) is 1.70. The van der Waals surface area contributed by atoms with Gasteiger partial charge in [-0.25, -0.2) is 8.42 Å². The number of amides is 1. The van der Waals surface area contributed by atoms with Gasteiger partial charge in [0.25, 0.3) is 11.5 Å². The number of pyridine rings is 2. The molecule has 1 aliphatic rings. The fourth-order valence-corrected chi connectivity index (χ4v) is 4.95. The molecule has 0 spiro atoms. The molecule has 0 radical (unpaired) electrons. The summed E-state index contributed by atoms with van der Waals surface area (Å²) < 4.78 is 26.5. The first-order chi connectivity index (χ1) is 14.3. The number of para-hydroxylation sites is 1. The molecule has 30 heavy (non-hydrogen) atoms. The van der Waals surface area contributed by atoms with Crippen molar-refractivity contribution >= 4 is 32.3 Å². The van der Waals surface area contributed by atoms with Crippen molar-refractivity contribution < 1.29 is 13.2 Å². The molecular formula is C21H22N4O4S. The maximum atomic E-state index is 12.9. The number of aromatic nitrogens is 2. The van der Waals surface area contributed by atoms with Crippen molar-refractivity contribution in [1.82, 2.24) is 14.5 Å². The van der Waals surface area contributed by atoms with Crippen LogP contribution >= 0.6 is 0 Å². The highest BCUT2D eigenvalue weighted by Gasteiger charge is 2.30. The van der Waals surface area contributed by atoms with E-state index in [1.807, 2.05) is 23.1 Å². The molecular weight excluding hydrogens is 404 g/mol. The second-order valence-electron chi connectivity index (χ2n) is 7.35. The fourth-order valence-electron chi connectivity index (χ4n) is 3.91. The SMILES string of the molecule is Cn1c(=O)c(S(C)(=O)=O)c(N2CCN(C(=O)c3ccncc3)CC2)c2ccccc21. The molecule has 0 N–H and O–H groups in total. The predicted molar refractivity (Wildman–Crippen MR) is 115 cm³/mol. The summed E-state index contributed by atoms with van der Waals surface area (Å²) in [6, 6.07) is 10.6. The minimum Gasteiger partial charge on any atom is -0.366 e. The molecule has 0 bridgehead atoms. The second-order valence-corrected chi connectivity index (χ2v) is 9.30.